The summed E-state index contributed by atoms with van der Waals surface area (Å²) in [6, 6.07) is 4.62. The van der Waals surface area contributed by atoms with Crippen molar-refractivity contribution in [2.24, 2.45) is 7.05 Å². The number of aromatic nitrogens is 6. The van der Waals surface area contributed by atoms with Crippen LogP contribution in [0.2, 0.25) is 0 Å². The summed E-state index contributed by atoms with van der Waals surface area (Å²) < 4.78 is 45.6. The molecule has 0 spiro atoms. The molecule has 1 aromatic carbocycles. The molecule has 1 amide bonds. The second-order valence-corrected chi connectivity index (χ2v) is 11.0. The lowest BCUT2D eigenvalue weighted by atomic mass is 9.91. The lowest BCUT2D eigenvalue weighted by molar-refractivity contribution is -0.138. The van der Waals surface area contributed by atoms with Gasteiger partial charge in [0, 0.05) is 49.3 Å². The van der Waals surface area contributed by atoms with Crippen molar-refractivity contribution < 1.29 is 18.0 Å². The van der Waals surface area contributed by atoms with E-state index >= 15 is 0 Å². The van der Waals surface area contributed by atoms with Gasteiger partial charge >= 0.3 is 6.18 Å². The van der Waals surface area contributed by atoms with Crippen LogP contribution in [-0.4, -0.2) is 59.7 Å². The van der Waals surface area contributed by atoms with Crippen molar-refractivity contribution in [3.8, 4) is 16.9 Å². The number of nitrogens with one attached hydrogen (secondary N) is 1. The molecule has 5 rings (SSSR count). The zero-order valence-electron chi connectivity index (χ0n) is 25.1. The second kappa shape index (κ2) is 11.8. The zero-order valence-corrected chi connectivity index (χ0v) is 25.1. The van der Waals surface area contributed by atoms with Gasteiger partial charge in [-0.1, -0.05) is 18.2 Å². The number of nitrogens with zero attached hydrogens (tertiary/aromatic N) is 7. The molecular formula is C31H35F3N8O. The average Bonchev–Trinajstić information content (AvgIpc) is 3.59. The number of benzene rings is 1. The minimum atomic E-state index is -4.58. The number of anilines is 1. The maximum Gasteiger partial charge on any atom is 0.416 e. The van der Waals surface area contributed by atoms with Crippen LogP contribution in [0.5, 0.6) is 0 Å². The van der Waals surface area contributed by atoms with Crippen molar-refractivity contribution in [3.05, 3.63) is 76.5 Å². The molecule has 1 unspecified atom stereocenters. The van der Waals surface area contributed by atoms with Crippen LogP contribution in [0.4, 0.5) is 18.9 Å². The van der Waals surface area contributed by atoms with Crippen LogP contribution < -0.4 is 5.32 Å². The van der Waals surface area contributed by atoms with Crippen molar-refractivity contribution in [2.75, 3.05) is 18.4 Å². The molecule has 1 atom stereocenters. The Labute approximate surface area is 248 Å². The van der Waals surface area contributed by atoms with E-state index in [1.807, 2.05) is 20.0 Å². The Kier molecular flexibility index (Phi) is 8.24. The van der Waals surface area contributed by atoms with E-state index < -0.39 is 17.6 Å². The quantitative estimate of drug-likeness (QED) is 0.277. The Balaban J connectivity index is 1.44. The molecule has 1 N–H and O–H groups in total. The van der Waals surface area contributed by atoms with Gasteiger partial charge in [0.2, 0.25) is 0 Å². The molecule has 1 aliphatic rings. The van der Waals surface area contributed by atoms with Crippen LogP contribution in [0, 0.1) is 20.8 Å². The van der Waals surface area contributed by atoms with E-state index in [0.29, 0.717) is 41.6 Å². The number of hydrogen-bond acceptors (Lipinski definition) is 6. The van der Waals surface area contributed by atoms with Crippen LogP contribution in [0.25, 0.3) is 22.5 Å². The molecular weight excluding hydrogens is 557 g/mol. The van der Waals surface area contributed by atoms with Crippen molar-refractivity contribution >= 4 is 17.2 Å². The number of carbonyl (C=O) groups excluding carboxylic acids is 1. The van der Waals surface area contributed by atoms with Gasteiger partial charge in [-0.3, -0.25) is 19.4 Å². The molecule has 0 saturated carbocycles. The number of rotatable bonds is 7. The van der Waals surface area contributed by atoms with E-state index in [1.54, 1.807) is 36.1 Å². The highest BCUT2D eigenvalue weighted by molar-refractivity contribution is 6.04. The Morgan fingerprint density at radius 2 is 1.88 bits per heavy atom. The lowest BCUT2D eigenvalue weighted by Gasteiger charge is -2.32. The number of halogens is 3. The maximum absolute atomic E-state index is 14.1. The molecule has 0 aliphatic carbocycles. The summed E-state index contributed by atoms with van der Waals surface area (Å²) in [4.78, 5) is 20.0. The van der Waals surface area contributed by atoms with Crippen LogP contribution >= 0.6 is 0 Å². The predicted octanol–water partition coefficient (Wildman–Crippen LogP) is 6.15. The fourth-order valence-electron chi connectivity index (χ4n) is 5.34. The van der Waals surface area contributed by atoms with E-state index in [-0.39, 0.29) is 16.8 Å². The Hall–Kier alpha value is -4.32. The number of pyridine rings is 1. The Morgan fingerprint density at radius 3 is 2.51 bits per heavy atom. The second-order valence-electron chi connectivity index (χ2n) is 11.0. The van der Waals surface area contributed by atoms with E-state index in [4.69, 9.17) is 0 Å². The Morgan fingerprint density at radius 1 is 1.12 bits per heavy atom. The highest BCUT2D eigenvalue weighted by Crippen LogP contribution is 2.39. The van der Waals surface area contributed by atoms with Gasteiger partial charge in [0.15, 0.2) is 0 Å². The normalized spacial score (nSPS) is 15.0. The third-order valence-electron chi connectivity index (χ3n) is 8.35. The first kappa shape index (κ1) is 30.1. The first-order valence-electron chi connectivity index (χ1n) is 14.2. The molecule has 4 aromatic rings. The molecule has 3 aromatic heterocycles. The van der Waals surface area contributed by atoms with Crippen LogP contribution in [0.1, 0.15) is 65.1 Å². The third kappa shape index (κ3) is 6.10. The molecule has 0 radical (unpaired) electrons. The smallest absolute Gasteiger partial charge is 0.322 e. The SMILES string of the molecule is CCC(C)N1CC=C(c2cc(NC(=O)c3cnc(C)c(-n4cc(-c5cnn(C)c5C)nn4)c3)cc(C(F)(F)F)c2C)CC1. The first-order chi connectivity index (χ1) is 20.4. The summed E-state index contributed by atoms with van der Waals surface area (Å²) in [6.45, 7) is 10.9. The van der Waals surface area contributed by atoms with Crippen LogP contribution in [-0.2, 0) is 13.2 Å². The van der Waals surface area contributed by atoms with Crippen LogP contribution in [0.15, 0.2) is 42.9 Å². The maximum atomic E-state index is 14.1. The molecule has 12 heteroatoms. The van der Waals surface area contributed by atoms with Gasteiger partial charge in [-0.2, -0.15) is 18.3 Å². The van der Waals surface area contributed by atoms with Crippen molar-refractivity contribution in [1.29, 1.82) is 0 Å². The summed E-state index contributed by atoms with van der Waals surface area (Å²) in [5.74, 6) is -0.583. The van der Waals surface area contributed by atoms with Gasteiger partial charge in [-0.05, 0) is 75.4 Å². The highest BCUT2D eigenvalue weighted by Gasteiger charge is 2.34. The van der Waals surface area contributed by atoms with Crippen molar-refractivity contribution in [1.82, 2.24) is 34.7 Å². The fourth-order valence-corrected chi connectivity index (χ4v) is 5.34. The largest absolute Gasteiger partial charge is 0.416 e. The minimum Gasteiger partial charge on any atom is -0.322 e. The van der Waals surface area contributed by atoms with Gasteiger partial charge < -0.3 is 5.32 Å². The fraction of sp³-hybridized carbons (Fsp3) is 0.387. The van der Waals surface area contributed by atoms with Gasteiger partial charge in [0.05, 0.1) is 34.9 Å². The summed E-state index contributed by atoms with van der Waals surface area (Å²) in [6.07, 6.45) is 3.87. The minimum absolute atomic E-state index is 0.0698. The average molecular weight is 593 g/mol. The summed E-state index contributed by atoms with van der Waals surface area (Å²) >= 11 is 0. The molecule has 9 nitrogen and oxygen atoms in total. The van der Waals surface area contributed by atoms with E-state index in [1.165, 1.54) is 17.8 Å². The monoisotopic (exact) mass is 592 g/mol. The van der Waals surface area contributed by atoms with Crippen LogP contribution in [0.3, 0.4) is 0 Å². The van der Waals surface area contributed by atoms with E-state index in [9.17, 15) is 18.0 Å². The van der Waals surface area contributed by atoms with Crippen molar-refractivity contribution in [3.63, 3.8) is 0 Å². The van der Waals surface area contributed by atoms with Gasteiger partial charge in [-0.15, -0.1) is 5.10 Å². The third-order valence-corrected chi connectivity index (χ3v) is 8.35. The number of carbonyl (C=O) groups is 1. The summed E-state index contributed by atoms with van der Waals surface area (Å²) in [5.41, 5.74) is 4.44. The van der Waals surface area contributed by atoms with Crippen molar-refractivity contribution in [2.45, 2.75) is 59.7 Å². The molecule has 0 bridgehead atoms. The van der Waals surface area contributed by atoms with E-state index in [2.05, 4.69) is 44.5 Å². The summed E-state index contributed by atoms with van der Waals surface area (Å²) in [5, 5.41) is 15.4. The number of hydrogen-bond donors (Lipinski definition) is 1. The predicted molar refractivity (Wildman–Crippen MR) is 159 cm³/mol. The molecule has 43 heavy (non-hydrogen) atoms. The van der Waals surface area contributed by atoms with E-state index in [0.717, 1.165) is 35.9 Å². The molecule has 0 fully saturated rings. The molecule has 4 heterocycles. The van der Waals surface area contributed by atoms with Gasteiger partial charge in [0.1, 0.15) is 5.69 Å². The molecule has 226 valence electrons. The topological polar surface area (TPSA) is 93.8 Å². The lowest BCUT2D eigenvalue weighted by Crippen LogP contribution is -2.36. The number of aryl methyl sites for hydroxylation is 2. The number of alkyl halides is 3. The van der Waals surface area contributed by atoms with Gasteiger partial charge in [-0.25, -0.2) is 4.68 Å². The van der Waals surface area contributed by atoms with Gasteiger partial charge in [0.25, 0.3) is 5.91 Å². The molecule has 1 aliphatic heterocycles. The molecule has 0 saturated heterocycles. The zero-order chi connectivity index (χ0) is 31.1. The first-order valence-corrected chi connectivity index (χ1v) is 14.2. The summed E-state index contributed by atoms with van der Waals surface area (Å²) in [7, 11) is 1.83. The number of amides is 1. The Bertz CT molecular complexity index is 1700. The highest BCUT2D eigenvalue weighted by atomic mass is 19.4. The standard InChI is InChI=1S/C31H35F3N8O/c1-7-18(2)41-10-8-22(9-11-41)25-13-24(14-27(19(25)3)31(32,33)34)37-30(43)23-12-29(20(4)35-15-23)42-17-28(38-39-42)26-16-36-40(6)21(26)5/h8,12-18H,7,9-11H2,1-6H3,(H,37,43).